The van der Waals surface area contributed by atoms with Gasteiger partial charge in [0, 0.05) is 25.2 Å². The van der Waals surface area contributed by atoms with Crippen LogP contribution in [0.15, 0.2) is 6.33 Å². The van der Waals surface area contributed by atoms with Crippen molar-refractivity contribution in [3.8, 4) is 0 Å². The Hall–Kier alpha value is -1.32. The molecule has 1 aromatic rings. The molecule has 1 heterocycles. The highest BCUT2D eigenvalue weighted by molar-refractivity contribution is 5.58. The summed E-state index contributed by atoms with van der Waals surface area (Å²) in [6, 6.07) is 0.630. The smallest absolute Gasteiger partial charge is 0.137 e. The van der Waals surface area contributed by atoms with Crippen molar-refractivity contribution in [3.05, 3.63) is 11.9 Å². The first kappa shape index (κ1) is 15.1. The zero-order valence-corrected chi connectivity index (χ0v) is 13.2. The van der Waals surface area contributed by atoms with Gasteiger partial charge in [-0.05, 0) is 26.2 Å². The minimum atomic E-state index is 0.630. The van der Waals surface area contributed by atoms with E-state index in [4.69, 9.17) is 0 Å². The molecule has 1 aliphatic rings. The van der Waals surface area contributed by atoms with Crippen LogP contribution in [0.5, 0.6) is 0 Å². The molecule has 0 unspecified atom stereocenters. The maximum Gasteiger partial charge on any atom is 0.137 e. The average molecular weight is 276 g/mol. The number of anilines is 2. The third-order valence-corrected chi connectivity index (χ3v) is 4.31. The molecular formula is C16H28N4. The normalized spacial score (nSPS) is 16.8. The third-order valence-electron chi connectivity index (χ3n) is 4.31. The lowest BCUT2D eigenvalue weighted by Gasteiger charge is -2.29. The summed E-state index contributed by atoms with van der Waals surface area (Å²) in [5.41, 5.74) is 1.17. The lowest BCUT2D eigenvalue weighted by molar-refractivity contribution is 0.548. The molecule has 20 heavy (non-hydrogen) atoms. The number of nitrogens with one attached hydrogen (secondary N) is 1. The predicted octanol–water partition coefficient (Wildman–Crippen LogP) is 3.77. The Bertz CT molecular complexity index is 411. The van der Waals surface area contributed by atoms with E-state index in [2.05, 4.69) is 41.1 Å². The average Bonchev–Trinajstić information content (AvgIpc) is 2.74. The van der Waals surface area contributed by atoms with Crippen LogP contribution in [0.3, 0.4) is 0 Å². The van der Waals surface area contributed by atoms with Crippen molar-refractivity contribution < 1.29 is 0 Å². The SMILES string of the molecule is CCCNc1ncnc(N(C)C2CCCCCC2)c1C. The molecule has 112 valence electrons. The molecule has 1 N–H and O–H groups in total. The van der Waals surface area contributed by atoms with Gasteiger partial charge in [-0.25, -0.2) is 9.97 Å². The minimum absolute atomic E-state index is 0.630. The molecule has 1 aromatic heterocycles. The predicted molar refractivity (Wildman–Crippen MR) is 85.4 cm³/mol. The molecule has 0 amide bonds. The van der Waals surface area contributed by atoms with Crippen LogP contribution >= 0.6 is 0 Å². The van der Waals surface area contributed by atoms with Crippen LogP contribution in [0.1, 0.15) is 57.4 Å². The molecule has 0 aliphatic heterocycles. The Morgan fingerprint density at radius 2 is 1.90 bits per heavy atom. The van der Waals surface area contributed by atoms with Crippen molar-refractivity contribution in [2.75, 3.05) is 23.8 Å². The van der Waals surface area contributed by atoms with Gasteiger partial charge in [-0.2, -0.15) is 0 Å². The molecule has 1 aliphatic carbocycles. The van der Waals surface area contributed by atoms with E-state index < -0.39 is 0 Å². The van der Waals surface area contributed by atoms with Crippen molar-refractivity contribution >= 4 is 11.6 Å². The molecular weight excluding hydrogens is 248 g/mol. The second-order valence-electron chi connectivity index (χ2n) is 5.85. The number of hydrogen-bond donors (Lipinski definition) is 1. The van der Waals surface area contributed by atoms with Gasteiger partial charge in [0.15, 0.2) is 0 Å². The highest BCUT2D eigenvalue weighted by Crippen LogP contribution is 2.28. The Labute approximate surface area is 123 Å². The second-order valence-corrected chi connectivity index (χ2v) is 5.85. The molecule has 0 bridgehead atoms. The van der Waals surface area contributed by atoms with Gasteiger partial charge >= 0.3 is 0 Å². The lowest BCUT2D eigenvalue weighted by Crippen LogP contribution is -2.32. The highest BCUT2D eigenvalue weighted by Gasteiger charge is 2.20. The summed E-state index contributed by atoms with van der Waals surface area (Å²) < 4.78 is 0. The summed E-state index contributed by atoms with van der Waals surface area (Å²) in [4.78, 5) is 11.3. The first-order valence-corrected chi connectivity index (χ1v) is 8.02. The van der Waals surface area contributed by atoms with Gasteiger partial charge in [0.2, 0.25) is 0 Å². The van der Waals surface area contributed by atoms with Crippen LogP contribution < -0.4 is 10.2 Å². The summed E-state index contributed by atoms with van der Waals surface area (Å²) in [5.74, 6) is 2.07. The molecule has 0 aromatic carbocycles. The van der Waals surface area contributed by atoms with E-state index in [1.807, 2.05) is 0 Å². The highest BCUT2D eigenvalue weighted by atomic mass is 15.2. The summed E-state index contributed by atoms with van der Waals surface area (Å²) >= 11 is 0. The van der Waals surface area contributed by atoms with Crippen LogP contribution in [0, 0.1) is 6.92 Å². The molecule has 1 saturated carbocycles. The molecule has 0 atom stereocenters. The fraction of sp³-hybridized carbons (Fsp3) is 0.750. The zero-order chi connectivity index (χ0) is 14.4. The standard InChI is InChI=1S/C16H28N4/c1-4-11-17-15-13(2)16(19-12-18-15)20(3)14-9-7-5-6-8-10-14/h12,14H,4-11H2,1-3H3,(H,17,18,19). The van der Waals surface area contributed by atoms with Crippen molar-refractivity contribution in [3.63, 3.8) is 0 Å². The number of aromatic nitrogens is 2. The first-order valence-electron chi connectivity index (χ1n) is 8.02. The summed E-state index contributed by atoms with van der Waals surface area (Å²) in [6.07, 6.45) is 10.8. The number of rotatable bonds is 5. The molecule has 0 radical (unpaired) electrons. The Morgan fingerprint density at radius 3 is 2.55 bits per heavy atom. The van der Waals surface area contributed by atoms with E-state index in [-0.39, 0.29) is 0 Å². The fourth-order valence-corrected chi connectivity index (χ4v) is 3.04. The van der Waals surface area contributed by atoms with Gasteiger partial charge in [-0.1, -0.05) is 32.6 Å². The summed E-state index contributed by atoms with van der Waals surface area (Å²) in [5, 5.41) is 3.40. The summed E-state index contributed by atoms with van der Waals surface area (Å²) in [6.45, 7) is 5.26. The fourth-order valence-electron chi connectivity index (χ4n) is 3.04. The molecule has 0 saturated heterocycles. The van der Waals surface area contributed by atoms with Gasteiger partial charge < -0.3 is 10.2 Å². The van der Waals surface area contributed by atoms with Crippen molar-refractivity contribution in [1.29, 1.82) is 0 Å². The molecule has 0 spiro atoms. The maximum atomic E-state index is 4.53. The van der Waals surface area contributed by atoms with E-state index in [1.165, 1.54) is 44.1 Å². The molecule has 4 heteroatoms. The van der Waals surface area contributed by atoms with E-state index in [0.29, 0.717) is 6.04 Å². The minimum Gasteiger partial charge on any atom is -0.370 e. The Morgan fingerprint density at radius 1 is 1.20 bits per heavy atom. The van der Waals surface area contributed by atoms with Gasteiger partial charge in [-0.15, -0.1) is 0 Å². The number of hydrogen-bond acceptors (Lipinski definition) is 4. The van der Waals surface area contributed by atoms with Gasteiger partial charge in [-0.3, -0.25) is 0 Å². The van der Waals surface area contributed by atoms with Gasteiger partial charge in [0.1, 0.15) is 18.0 Å². The van der Waals surface area contributed by atoms with E-state index in [1.54, 1.807) is 6.33 Å². The van der Waals surface area contributed by atoms with E-state index >= 15 is 0 Å². The first-order chi connectivity index (χ1) is 9.74. The lowest BCUT2D eigenvalue weighted by atomic mass is 10.1. The maximum absolute atomic E-state index is 4.53. The van der Waals surface area contributed by atoms with Crippen LogP contribution in [0.2, 0.25) is 0 Å². The zero-order valence-electron chi connectivity index (χ0n) is 13.2. The Balaban J connectivity index is 2.13. The number of nitrogens with zero attached hydrogens (tertiary/aromatic N) is 3. The van der Waals surface area contributed by atoms with E-state index in [0.717, 1.165) is 24.6 Å². The van der Waals surface area contributed by atoms with Crippen LogP contribution in [-0.2, 0) is 0 Å². The van der Waals surface area contributed by atoms with Crippen molar-refractivity contribution in [2.24, 2.45) is 0 Å². The van der Waals surface area contributed by atoms with Gasteiger partial charge in [0.05, 0.1) is 0 Å². The van der Waals surface area contributed by atoms with Gasteiger partial charge in [0.25, 0.3) is 0 Å². The molecule has 1 fully saturated rings. The van der Waals surface area contributed by atoms with Crippen molar-refractivity contribution in [1.82, 2.24) is 9.97 Å². The monoisotopic (exact) mass is 276 g/mol. The van der Waals surface area contributed by atoms with E-state index in [9.17, 15) is 0 Å². The van der Waals surface area contributed by atoms with Crippen LogP contribution in [0.25, 0.3) is 0 Å². The quantitative estimate of drug-likeness (QED) is 0.831. The van der Waals surface area contributed by atoms with Crippen LogP contribution in [-0.4, -0.2) is 29.6 Å². The van der Waals surface area contributed by atoms with Crippen molar-refractivity contribution in [2.45, 2.75) is 64.8 Å². The van der Waals surface area contributed by atoms with Crippen LogP contribution in [0.4, 0.5) is 11.6 Å². The largest absolute Gasteiger partial charge is 0.370 e. The summed E-state index contributed by atoms with van der Waals surface area (Å²) in [7, 11) is 2.19. The molecule has 2 rings (SSSR count). The topological polar surface area (TPSA) is 41.1 Å². The third kappa shape index (κ3) is 3.62. The second kappa shape index (κ2) is 7.46. The molecule has 4 nitrogen and oxygen atoms in total. The Kier molecular flexibility index (Phi) is 5.62.